The maximum absolute atomic E-state index is 11.9. The van der Waals surface area contributed by atoms with Crippen molar-refractivity contribution in [3.05, 3.63) is 0 Å². The van der Waals surface area contributed by atoms with Crippen LogP contribution in [0.25, 0.3) is 0 Å². The molecular weight excluding hydrogens is 260 g/mol. The molecule has 0 radical (unpaired) electrons. The molecule has 0 saturated heterocycles. The fourth-order valence-electron chi connectivity index (χ4n) is 1.14. The Kier molecular flexibility index (Phi) is 5.75. The first kappa shape index (κ1) is 16.9. The minimum atomic E-state index is -3.79. The van der Waals surface area contributed by atoms with Gasteiger partial charge in [-0.3, -0.25) is 9.59 Å². The van der Waals surface area contributed by atoms with Crippen molar-refractivity contribution in [3.63, 3.8) is 0 Å². The third-order valence-electron chi connectivity index (χ3n) is 2.15. The van der Waals surface area contributed by atoms with Crippen molar-refractivity contribution >= 4 is 21.9 Å². The van der Waals surface area contributed by atoms with Crippen LogP contribution in [0, 0.1) is 5.41 Å². The van der Waals surface area contributed by atoms with Gasteiger partial charge < -0.3 is 10.8 Å². The fourth-order valence-corrected chi connectivity index (χ4v) is 2.90. The lowest BCUT2D eigenvalue weighted by Crippen LogP contribution is -2.43. The summed E-state index contributed by atoms with van der Waals surface area (Å²) in [6, 6.07) is 0. The van der Waals surface area contributed by atoms with Crippen molar-refractivity contribution < 1.29 is 23.1 Å². The van der Waals surface area contributed by atoms with Crippen LogP contribution in [-0.2, 0) is 19.6 Å². The van der Waals surface area contributed by atoms with E-state index in [1.807, 2.05) is 20.8 Å². The van der Waals surface area contributed by atoms with Crippen molar-refractivity contribution in [2.75, 3.05) is 18.8 Å². The molecule has 0 saturated carbocycles. The zero-order chi connectivity index (χ0) is 14.6. The number of carbonyl (C=O) groups excluding carboxylic acids is 1. The summed E-state index contributed by atoms with van der Waals surface area (Å²) >= 11 is 0. The Morgan fingerprint density at radius 3 is 2.06 bits per heavy atom. The molecule has 0 aromatic carbocycles. The van der Waals surface area contributed by atoms with Crippen LogP contribution in [0.3, 0.4) is 0 Å². The van der Waals surface area contributed by atoms with Gasteiger partial charge in [0.2, 0.25) is 15.9 Å². The smallest absolute Gasteiger partial charge is 0.318 e. The van der Waals surface area contributed by atoms with Crippen LogP contribution < -0.4 is 5.73 Å². The van der Waals surface area contributed by atoms with Crippen LogP contribution >= 0.6 is 0 Å². The van der Waals surface area contributed by atoms with Gasteiger partial charge in [0.1, 0.15) is 6.54 Å². The highest BCUT2D eigenvalue weighted by atomic mass is 32.2. The number of nitrogens with two attached hydrogens (primary N) is 1. The highest BCUT2D eigenvalue weighted by Gasteiger charge is 2.27. The largest absolute Gasteiger partial charge is 0.480 e. The van der Waals surface area contributed by atoms with Gasteiger partial charge in [-0.15, -0.1) is 0 Å². The lowest BCUT2D eigenvalue weighted by molar-refractivity contribution is -0.137. The van der Waals surface area contributed by atoms with Gasteiger partial charge in [0.25, 0.3) is 0 Å². The Bertz CT molecular complexity index is 394. The molecule has 0 aliphatic carbocycles. The summed E-state index contributed by atoms with van der Waals surface area (Å²) in [6.07, 6.45) is 0.365. The fraction of sp³-hybridized carbons (Fsp3) is 0.800. The molecule has 0 fully saturated rings. The van der Waals surface area contributed by atoms with E-state index in [4.69, 9.17) is 10.8 Å². The Morgan fingerprint density at radius 2 is 1.72 bits per heavy atom. The molecule has 106 valence electrons. The van der Waals surface area contributed by atoms with Crippen molar-refractivity contribution in [3.8, 4) is 0 Å². The third kappa shape index (κ3) is 7.23. The maximum Gasteiger partial charge on any atom is 0.318 e. The second kappa shape index (κ2) is 6.14. The summed E-state index contributed by atoms with van der Waals surface area (Å²) in [5.74, 6) is -2.41. The van der Waals surface area contributed by atoms with Crippen LogP contribution in [0.4, 0.5) is 0 Å². The molecule has 0 rings (SSSR count). The second-order valence-corrected chi connectivity index (χ2v) is 7.34. The molecule has 0 aromatic heterocycles. The number of rotatable bonds is 7. The molecule has 0 aliphatic rings. The molecule has 0 atom stereocenters. The van der Waals surface area contributed by atoms with Crippen LogP contribution in [0.5, 0.6) is 0 Å². The van der Waals surface area contributed by atoms with Gasteiger partial charge in [-0.1, -0.05) is 20.8 Å². The number of carboxylic acids is 1. The SMILES string of the molecule is CC(C)(C)CCS(=O)(=O)N(CC(N)=O)CC(=O)O. The van der Waals surface area contributed by atoms with E-state index < -0.39 is 35.0 Å². The highest BCUT2D eigenvalue weighted by molar-refractivity contribution is 7.89. The number of aliphatic carboxylic acids is 1. The molecule has 18 heavy (non-hydrogen) atoms. The van der Waals surface area contributed by atoms with Gasteiger partial charge in [0, 0.05) is 0 Å². The summed E-state index contributed by atoms with van der Waals surface area (Å²) < 4.78 is 24.4. The number of hydrogen-bond donors (Lipinski definition) is 2. The van der Waals surface area contributed by atoms with Crippen LogP contribution in [0.2, 0.25) is 0 Å². The number of carbonyl (C=O) groups is 2. The minimum Gasteiger partial charge on any atom is -0.480 e. The quantitative estimate of drug-likeness (QED) is 0.659. The third-order valence-corrected chi connectivity index (χ3v) is 3.91. The van der Waals surface area contributed by atoms with Crippen LogP contribution in [-0.4, -0.2) is 48.5 Å². The Balaban J connectivity index is 4.85. The van der Waals surface area contributed by atoms with Gasteiger partial charge >= 0.3 is 5.97 Å². The molecule has 0 heterocycles. The molecule has 0 bridgehead atoms. The first-order valence-corrected chi connectivity index (χ1v) is 7.03. The molecule has 8 heteroatoms. The normalized spacial score (nSPS) is 12.7. The van der Waals surface area contributed by atoms with Crippen LogP contribution in [0.1, 0.15) is 27.2 Å². The number of amides is 1. The van der Waals surface area contributed by atoms with E-state index in [1.54, 1.807) is 0 Å². The summed E-state index contributed by atoms with van der Waals surface area (Å²) in [4.78, 5) is 21.3. The van der Waals surface area contributed by atoms with Crippen molar-refractivity contribution in [2.45, 2.75) is 27.2 Å². The standard InChI is InChI=1S/C10H20N2O5S/c1-10(2,3)4-5-18(16,17)12(6-8(11)13)7-9(14)15/h4-7H2,1-3H3,(H2,11,13)(H,14,15). The molecule has 0 aliphatic heterocycles. The predicted molar refractivity (Wildman–Crippen MR) is 66.3 cm³/mol. The van der Waals surface area contributed by atoms with Crippen molar-refractivity contribution in [1.29, 1.82) is 0 Å². The summed E-state index contributed by atoms with van der Waals surface area (Å²) in [6.45, 7) is 4.25. The molecule has 7 nitrogen and oxygen atoms in total. The van der Waals surface area contributed by atoms with Crippen molar-refractivity contribution in [2.24, 2.45) is 11.1 Å². The van der Waals surface area contributed by atoms with E-state index in [0.29, 0.717) is 10.7 Å². The molecule has 0 spiro atoms. The summed E-state index contributed by atoms with van der Waals surface area (Å²) in [7, 11) is -3.79. The lowest BCUT2D eigenvalue weighted by atomic mass is 9.94. The number of sulfonamides is 1. The van der Waals surface area contributed by atoms with Gasteiger partial charge in [0.05, 0.1) is 12.3 Å². The number of hydrogen-bond acceptors (Lipinski definition) is 4. The average molecular weight is 280 g/mol. The number of nitrogens with zero attached hydrogens (tertiary/aromatic N) is 1. The van der Waals surface area contributed by atoms with Crippen LogP contribution in [0.15, 0.2) is 0 Å². The van der Waals surface area contributed by atoms with E-state index in [9.17, 15) is 18.0 Å². The number of primary amides is 1. The maximum atomic E-state index is 11.9. The highest BCUT2D eigenvalue weighted by Crippen LogP contribution is 2.20. The summed E-state index contributed by atoms with van der Waals surface area (Å²) in [5.41, 5.74) is 4.71. The zero-order valence-corrected chi connectivity index (χ0v) is 11.7. The lowest BCUT2D eigenvalue weighted by Gasteiger charge is -2.22. The Morgan fingerprint density at radius 1 is 1.22 bits per heavy atom. The Hall–Kier alpha value is -1.15. The topological polar surface area (TPSA) is 118 Å². The predicted octanol–water partition coefficient (Wildman–Crippen LogP) is -0.376. The van der Waals surface area contributed by atoms with Gasteiger partial charge in [-0.25, -0.2) is 8.42 Å². The van der Waals surface area contributed by atoms with E-state index in [-0.39, 0.29) is 11.2 Å². The van der Waals surface area contributed by atoms with E-state index >= 15 is 0 Å². The zero-order valence-electron chi connectivity index (χ0n) is 10.8. The number of carboxylic acid groups (broad SMARTS) is 1. The Labute approximate surface area is 107 Å². The van der Waals surface area contributed by atoms with E-state index in [1.165, 1.54) is 0 Å². The second-order valence-electron chi connectivity index (χ2n) is 5.25. The average Bonchev–Trinajstić information content (AvgIpc) is 2.11. The first-order chi connectivity index (χ1) is 7.94. The molecule has 1 amide bonds. The minimum absolute atomic E-state index is 0.200. The van der Waals surface area contributed by atoms with E-state index in [0.717, 1.165) is 0 Å². The van der Waals surface area contributed by atoms with Gasteiger partial charge in [0.15, 0.2) is 0 Å². The molecule has 0 aromatic rings. The van der Waals surface area contributed by atoms with E-state index in [2.05, 4.69) is 0 Å². The monoisotopic (exact) mass is 280 g/mol. The molecular formula is C10H20N2O5S. The summed E-state index contributed by atoms with van der Waals surface area (Å²) in [5, 5.41) is 8.63. The molecule has 0 unspecified atom stereocenters. The van der Waals surface area contributed by atoms with Gasteiger partial charge in [-0.2, -0.15) is 4.31 Å². The van der Waals surface area contributed by atoms with Gasteiger partial charge in [-0.05, 0) is 11.8 Å². The molecule has 3 N–H and O–H groups in total. The first-order valence-electron chi connectivity index (χ1n) is 5.42. The van der Waals surface area contributed by atoms with Crippen molar-refractivity contribution in [1.82, 2.24) is 4.31 Å².